The predicted molar refractivity (Wildman–Crippen MR) is 50.8 cm³/mol. The fourth-order valence-electron chi connectivity index (χ4n) is 0.584. The Labute approximate surface area is 114 Å². The SMILES string of the molecule is CC(=O)[O-].[N-]=[N+]=NN=Nc1ccccc1.[Na+]. The summed E-state index contributed by atoms with van der Waals surface area (Å²) in [4.78, 5) is 11.3. The first-order valence-corrected chi connectivity index (χ1v) is 3.84. The predicted octanol–water partition coefficient (Wildman–Crippen LogP) is -1.24. The molecule has 1 aromatic rings. The first kappa shape index (κ1) is 17.0. The molecule has 0 N–H and O–H groups in total. The smallest absolute Gasteiger partial charge is 0.550 e. The molecule has 0 radical (unpaired) electrons. The van der Waals surface area contributed by atoms with Crippen molar-refractivity contribution in [3.05, 3.63) is 40.8 Å². The van der Waals surface area contributed by atoms with Crippen LogP contribution >= 0.6 is 0 Å². The number of azide groups is 1. The fraction of sp³-hybridized carbons (Fsp3) is 0.125. The van der Waals surface area contributed by atoms with E-state index in [1.165, 1.54) is 0 Å². The van der Waals surface area contributed by atoms with Gasteiger partial charge in [-0.3, -0.25) is 0 Å². The van der Waals surface area contributed by atoms with Crippen LogP contribution in [-0.2, 0) is 4.79 Å². The van der Waals surface area contributed by atoms with E-state index in [1.54, 1.807) is 12.1 Å². The van der Waals surface area contributed by atoms with E-state index >= 15 is 0 Å². The molecule has 1 rings (SSSR count). The number of carbonyl (C=O) groups excluding carboxylic acids is 1. The molecular weight excluding hydrogens is 221 g/mol. The van der Waals surface area contributed by atoms with Gasteiger partial charge < -0.3 is 9.90 Å². The summed E-state index contributed by atoms with van der Waals surface area (Å²) in [6.07, 6.45) is 0. The molecule has 0 unspecified atom stereocenters. The molecule has 0 aromatic heterocycles. The Morgan fingerprint density at radius 2 is 1.88 bits per heavy atom. The molecule has 0 saturated carbocycles. The molecule has 0 aliphatic carbocycles. The Kier molecular flexibility index (Phi) is 12.4. The van der Waals surface area contributed by atoms with E-state index in [9.17, 15) is 0 Å². The Hall–Kier alpha value is -1.40. The van der Waals surface area contributed by atoms with Gasteiger partial charge in [0.15, 0.2) is 0 Å². The standard InChI is InChI=1S/C6H5N5.C2H4O2.Na/c7-9-11-10-8-6-4-2-1-3-5-6;1-2(3)4;/h1-5H;1H3,(H,3,4);/q;;+1/p-1. The van der Waals surface area contributed by atoms with Crippen molar-refractivity contribution in [1.29, 1.82) is 0 Å². The van der Waals surface area contributed by atoms with Crippen LogP contribution in [-0.4, -0.2) is 5.97 Å². The van der Waals surface area contributed by atoms with Crippen LogP contribution in [0, 0.1) is 0 Å². The number of hydrogen-bond donors (Lipinski definition) is 0. The quantitative estimate of drug-likeness (QED) is 0.207. The van der Waals surface area contributed by atoms with Crippen LogP contribution in [0.4, 0.5) is 5.69 Å². The van der Waals surface area contributed by atoms with Gasteiger partial charge in [0.25, 0.3) is 0 Å². The van der Waals surface area contributed by atoms with Gasteiger partial charge in [-0.05, 0) is 24.2 Å². The van der Waals surface area contributed by atoms with E-state index in [2.05, 4.69) is 20.5 Å². The summed E-state index contributed by atoms with van der Waals surface area (Å²) >= 11 is 0. The number of benzene rings is 1. The van der Waals surface area contributed by atoms with Crippen LogP contribution < -0.4 is 34.7 Å². The van der Waals surface area contributed by atoms with Gasteiger partial charge in [-0.15, -0.1) is 5.53 Å². The molecule has 0 amide bonds. The van der Waals surface area contributed by atoms with Gasteiger partial charge in [-0.2, -0.15) is 4.91 Å². The van der Waals surface area contributed by atoms with Crippen molar-refractivity contribution in [2.24, 2.45) is 15.6 Å². The maximum absolute atomic E-state index is 8.89. The Morgan fingerprint density at radius 1 is 1.38 bits per heavy atom. The van der Waals surface area contributed by atoms with Crippen molar-refractivity contribution < 1.29 is 39.5 Å². The van der Waals surface area contributed by atoms with E-state index in [-0.39, 0.29) is 29.6 Å². The van der Waals surface area contributed by atoms with Crippen molar-refractivity contribution in [2.75, 3.05) is 0 Å². The molecular formula is C8H8N5NaO2. The average Bonchev–Trinajstić information content (AvgIpc) is 2.19. The number of aliphatic carboxylic acids is 1. The number of carbonyl (C=O) groups is 1. The molecule has 0 aliphatic heterocycles. The van der Waals surface area contributed by atoms with Gasteiger partial charge in [0.2, 0.25) is 0 Å². The first-order chi connectivity index (χ1) is 7.16. The second-order valence-corrected chi connectivity index (χ2v) is 2.20. The zero-order valence-electron chi connectivity index (χ0n) is 8.94. The topological polar surface area (TPSA) is 114 Å². The van der Waals surface area contributed by atoms with E-state index in [0.29, 0.717) is 5.69 Å². The van der Waals surface area contributed by atoms with Crippen LogP contribution in [0.5, 0.6) is 0 Å². The monoisotopic (exact) mass is 229 g/mol. The first-order valence-electron chi connectivity index (χ1n) is 3.84. The zero-order valence-corrected chi connectivity index (χ0v) is 10.9. The summed E-state index contributed by atoms with van der Waals surface area (Å²) < 4.78 is 0. The van der Waals surface area contributed by atoms with Crippen LogP contribution in [0.15, 0.2) is 45.9 Å². The maximum Gasteiger partial charge on any atom is 1.00 e. The minimum atomic E-state index is -1.08. The Morgan fingerprint density at radius 3 is 2.31 bits per heavy atom. The molecule has 0 spiro atoms. The van der Waals surface area contributed by atoms with Gasteiger partial charge >= 0.3 is 29.6 Å². The average molecular weight is 229 g/mol. The van der Waals surface area contributed by atoms with Gasteiger partial charge in [0.1, 0.15) is 10.9 Å². The molecule has 0 aliphatic rings. The van der Waals surface area contributed by atoms with Gasteiger partial charge in [0, 0.05) is 5.97 Å². The Bertz CT molecular complexity index is 371. The third-order valence-corrected chi connectivity index (χ3v) is 0.996. The normalized spacial score (nSPS) is 8.06. The van der Waals surface area contributed by atoms with Gasteiger partial charge in [-0.25, -0.2) is 0 Å². The molecule has 8 heteroatoms. The van der Waals surface area contributed by atoms with Crippen molar-refractivity contribution in [1.82, 2.24) is 0 Å². The maximum atomic E-state index is 8.89. The second-order valence-electron chi connectivity index (χ2n) is 2.20. The summed E-state index contributed by atoms with van der Waals surface area (Å²) in [5, 5.41) is 18.6. The minimum absolute atomic E-state index is 0. The zero-order chi connectivity index (χ0) is 11.5. The summed E-state index contributed by atoms with van der Waals surface area (Å²) in [7, 11) is 0. The third-order valence-electron chi connectivity index (χ3n) is 0.996. The van der Waals surface area contributed by atoms with Gasteiger partial charge in [0.05, 0.1) is 5.22 Å². The van der Waals surface area contributed by atoms with Crippen LogP contribution in [0.3, 0.4) is 0 Å². The third kappa shape index (κ3) is 12.6. The number of nitrogens with zero attached hydrogens (tertiary/aromatic N) is 5. The van der Waals surface area contributed by atoms with Crippen molar-refractivity contribution >= 4 is 11.7 Å². The van der Waals surface area contributed by atoms with E-state index in [0.717, 1.165) is 6.92 Å². The fourth-order valence-corrected chi connectivity index (χ4v) is 0.584. The Balaban J connectivity index is 0. The summed E-state index contributed by atoms with van der Waals surface area (Å²) in [6.45, 7) is 0.972. The number of hydrogen-bond acceptors (Lipinski definition) is 3. The van der Waals surface area contributed by atoms with Crippen molar-refractivity contribution in [3.63, 3.8) is 0 Å². The summed E-state index contributed by atoms with van der Waals surface area (Å²) in [5.41, 5.74) is 8.52. The molecule has 1 aromatic carbocycles. The number of rotatable bonds is 2. The van der Waals surface area contributed by atoms with Crippen LogP contribution in [0.2, 0.25) is 0 Å². The number of carboxylic acid groups (broad SMARTS) is 1. The van der Waals surface area contributed by atoms with Crippen LogP contribution in [0.1, 0.15) is 6.92 Å². The molecule has 0 atom stereocenters. The molecule has 0 bridgehead atoms. The van der Waals surface area contributed by atoms with Gasteiger partial charge in [-0.1, -0.05) is 18.2 Å². The van der Waals surface area contributed by atoms with E-state index in [1.807, 2.05) is 18.2 Å². The molecule has 0 fully saturated rings. The van der Waals surface area contributed by atoms with Crippen LogP contribution in [0.25, 0.3) is 10.4 Å². The molecule has 0 saturated heterocycles. The summed E-state index contributed by atoms with van der Waals surface area (Å²) in [5.74, 6) is -1.08. The molecule has 7 nitrogen and oxygen atoms in total. The molecule has 16 heavy (non-hydrogen) atoms. The number of carboxylic acids is 1. The largest absolute Gasteiger partial charge is 1.00 e. The van der Waals surface area contributed by atoms with E-state index in [4.69, 9.17) is 15.4 Å². The molecule has 0 heterocycles. The van der Waals surface area contributed by atoms with Crippen molar-refractivity contribution in [3.8, 4) is 0 Å². The van der Waals surface area contributed by atoms with E-state index < -0.39 is 5.97 Å². The minimum Gasteiger partial charge on any atom is -0.550 e. The summed E-state index contributed by atoms with van der Waals surface area (Å²) in [6, 6.07) is 9.04. The molecule has 78 valence electrons. The second kappa shape index (κ2) is 11.7. The van der Waals surface area contributed by atoms with Crippen molar-refractivity contribution in [2.45, 2.75) is 6.92 Å².